The van der Waals surface area contributed by atoms with Gasteiger partial charge in [0.05, 0.1) is 10.6 Å². The highest BCUT2D eigenvalue weighted by Gasteiger charge is 2.20. The van der Waals surface area contributed by atoms with Gasteiger partial charge in [0.2, 0.25) is 0 Å². The molecule has 1 heterocycles. The zero-order valence-corrected chi connectivity index (χ0v) is 13.0. The van der Waals surface area contributed by atoms with Gasteiger partial charge in [-0.1, -0.05) is 13.8 Å². The van der Waals surface area contributed by atoms with Crippen molar-refractivity contribution in [2.75, 3.05) is 5.32 Å². The molecule has 2 aromatic rings. The van der Waals surface area contributed by atoms with Crippen LogP contribution in [0.25, 0.3) is 5.69 Å². The number of benzene rings is 1. The zero-order chi connectivity index (χ0) is 17.0. The van der Waals surface area contributed by atoms with Crippen LogP contribution in [-0.4, -0.2) is 26.6 Å². The highest BCUT2D eigenvalue weighted by Crippen LogP contribution is 2.25. The number of aliphatic carboxylic acids is 1. The number of nitro benzene ring substituents is 1. The van der Waals surface area contributed by atoms with Gasteiger partial charge in [0, 0.05) is 30.2 Å². The van der Waals surface area contributed by atoms with E-state index in [1.54, 1.807) is 23.0 Å². The Morgan fingerprint density at radius 1 is 1.30 bits per heavy atom. The van der Waals surface area contributed by atoms with E-state index in [0.717, 1.165) is 0 Å². The Hall–Kier alpha value is -2.83. The van der Waals surface area contributed by atoms with Crippen molar-refractivity contribution in [2.45, 2.75) is 26.3 Å². The lowest BCUT2D eigenvalue weighted by Gasteiger charge is -2.18. The second-order valence-electron chi connectivity index (χ2n) is 5.75. The Morgan fingerprint density at radius 2 is 1.96 bits per heavy atom. The van der Waals surface area contributed by atoms with Gasteiger partial charge in [-0.15, -0.1) is 0 Å². The topological polar surface area (TPSA) is 97.4 Å². The molecule has 0 aliphatic rings. The van der Waals surface area contributed by atoms with Crippen molar-refractivity contribution in [3.05, 3.63) is 52.8 Å². The van der Waals surface area contributed by atoms with Gasteiger partial charge >= 0.3 is 5.97 Å². The van der Waals surface area contributed by atoms with Gasteiger partial charge in [0.1, 0.15) is 6.04 Å². The summed E-state index contributed by atoms with van der Waals surface area (Å²) in [6.45, 7) is 3.85. The molecule has 7 heteroatoms. The number of hydrogen-bond donors (Lipinski definition) is 2. The second-order valence-corrected chi connectivity index (χ2v) is 5.75. The maximum absolute atomic E-state index is 11.4. The molecule has 0 fully saturated rings. The lowest BCUT2D eigenvalue weighted by Crippen LogP contribution is -2.30. The van der Waals surface area contributed by atoms with E-state index >= 15 is 0 Å². The van der Waals surface area contributed by atoms with E-state index in [1.165, 1.54) is 12.1 Å². The number of carbonyl (C=O) groups is 1. The van der Waals surface area contributed by atoms with Crippen molar-refractivity contribution >= 4 is 17.3 Å². The maximum Gasteiger partial charge on any atom is 0.326 e. The number of aromatic nitrogens is 1. The van der Waals surface area contributed by atoms with Crippen LogP contribution in [0.5, 0.6) is 0 Å². The Bertz CT molecular complexity index is 695. The summed E-state index contributed by atoms with van der Waals surface area (Å²) in [6.07, 6.45) is 3.97. The number of nitro groups is 1. The number of nitrogens with zero attached hydrogens (tertiary/aromatic N) is 2. The number of anilines is 1. The summed E-state index contributed by atoms with van der Waals surface area (Å²) in [6, 6.07) is 7.32. The van der Waals surface area contributed by atoms with Gasteiger partial charge in [0.25, 0.3) is 5.69 Å². The summed E-state index contributed by atoms with van der Waals surface area (Å²) >= 11 is 0. The Kier molecular flexibility index (Phi) is 5.00. The van der Waals surface area contributed by atoms with Crippen LogP contribution in [0.15, 0.2) is 42.7 Å². The average Bonchev–Trinajstić information content (AvgIpc) is 2.99. The molecule has 0 saturated carbocycles. The first-order chi connectivity index (χ1) is 10.9. The molecule has 0 aliphatic heterocycles. The molecule has 1 atom stereocenters. The normalized spacial score (nSPS) is 12.1. The SMILES string of the molecule is CC(C)CC(Nc1cc(-n2cccc2)cc([N+](=O)[O-])c1)C(=O)O. The van der Waals surface area contributed by atoms with Gasteiger partial charge < -0.3 is 15.0 Å². The minimum absolute atomic E-state index is 0.0904. The van der Waals surface area contributed by atoms with Crippen LogP contribution in [0.4, 0.5) is 11.4 Å². The summed E-state index contributed by atoms with van der Waals surface area (Å²) < 4.78 is 1.73. The van der Waals surface area contributed by atoms with E-state index in [4.69, 9.17) is 0 Å². The summed E-state index contributed by atoms with van der Waals surface area (Å²) in [4.78, 5) is 22.0. The second kappa shape index (κ2) is 6.95. The minimum atomic E-state index is -0.979. The van der Waals surface area contributed by atoms with Crippen molar-refractivity contribution < 1.29 is 14.8 Å². The molecule has 1 aromatic heterocycles. The number of nitrogens with one attached hydrogen (secondary N) is 1. The Morgan fingerprint density at radius 3 is 2.48 bits per heavy atom. The molecule has 0 saturated heterocycles. The summed E-state index contributed by atoms with van der Waals surface area (Å²) in [7, 11) is 0. The van der Waals surface area contributed by atoms with E-state index in [9.17, 15) is 20.0 Å². The van der Waals surface area contributed by atoms with Crippen molar-refractivity contribution in [1.29, 1.82) is 0 Å². The molecule has 1 unspecified atom stereocenters. The standard InChI is InChI=1S/C16H19N3O4/c1-11(2)7-15(16(20)21)17-12-8-13(18-5-3-4-6-18)10-14(9-12)19(22)23/h3-6,8-11,15,17H,7H2,1-2H3,(H,20,21). The first kappa shape index (κ1) is 16.5. The molecule has 0 bridgehead atoms. The minimum Gasteiger partial charge on any atom is -0.480 e. The predicted molar refractivity (Wildman–Crippen MR) is 86.9 cm³/mol. The zero-order valence-electron chi connectivity index (χ0n) is 13.0. The Labute approximate surface area is 133 Å². The third-order valence-electron chi connectivity index (χ3n) is 3.36. The number of rotatable bonds is 7. The maximum atomic E-state index is 11.4. The highest BCUT2D eigenvalue weighted by molar-refractivity contribution is 5.78. The van der Waals surface area contributed by atoms with Crippen molar-refractivity contribution in [3.8, 4) is 5.69 Å². The third kappa shape index (κ3) is 4.32. The molecule has 2 rings (SSSR count). The molecule has 0 radical (unpaired) electrons. The van der Waals surface area contributed by atoms with Crippen molar-refractivity contribution in [1.82, 2.24) is 4.57 Å². The fraction of sp³-hybridized carbons (Fsp3) is 0.312. The van der Waals surface area contributed by atoms with Crippen LogP contribution in [0.2, 0.25) is 0 Å². The smallest absolute Gasteiger partial charge is 0.326 e. The molecule has 23 heavy (non-hydrogen) atoms. The van der Waals surface area contributed by atoms with Crippen LogP contribution in [0.3, 0.4) is 0 Å². The van der Waals surface area contributed by atoms with E-state index in [1.807, 2.05) is 26.0 Å². The molecule has 0 aliphatic carbocycles. The highest BCUT2D eigenvalue weighted by atomic mass is 16.6. The van der Waals surface area contributed by atoms with E-state index < -0.39 is 16.9 Å². The van der Waals surface area contributed by atoms with Gasteiger partial charge in [-0.2, -0.15) is 0 Å². The predicted octanol–water partition coefficient (Wildman–Crippen LogP) is 3.30. The molecular formula is C16H19N3O4. The summed E-state index contributed by atoms with van der Waals surface area (Å²) in [5, 5.41) is 23.3. The number of non-ortho nitro benzene ring substituents is 1. The quantitative estimate of drug-likeness (QED) is 0.603. The van der Waals surface area contributed by atoms with Crippen LogP contribution >= 0.6 is 0 Å². The molecule has 122 valence electrons. The first-order valence-electron chi connectivity index (χ1n) is 7.29. The molecular weight excluding hydrogens is 298 g/mol. The Balaban J connectivity index is 2.37. The van der Waals surface area contributed by atoms with Crippen LogP contribution in [0.1, 0.15) is 20.3 Å². The molecule has 2 N–H and O–H groups in total. The number of carboxylic acid groups (broad SMARTS) is 1. The lowest BCUT2D eigenvalue weighted by molar-refractivity contribution is -0.384. The first-order valence-corrected chi connectivity index (χ1v) is 7.29. The molecule has 1 aromatic carbocycles. The summed E-state index contributed by atoms with van der Waals surface area (Å²) in [5.41, 5.74) is 0.920. The van der Waals surface area contributed by atoms with Crippen molar-refractivity contribution in [3.63, 3.8) is 0 Å². The van der Waals surface area contributed by atoms with Gasteiger partial charge in [-0.25, -0.2) is 4.79 Å². The van der Waals surface area contributed by atoms with Gasteiger partial charge in [-0.3, -0.25) is 10.1 Å². The largest absolute Gasteiger partial charge is 0.480 e. The fourth-order valence-electron chi connectivity index (χ4n) is 2.33. The molecule has 0 amide bonds. The monoisotopic (exact) mass is 317 g/mol. The summed E-state index contributed by atoms with van der Waals surface area (Å²) in [5.74, 6) is -0.793. The van der Waals surface area contributed by atoms with Crippen molar-refractivity contribution in [2.24, 2.45) is 5.92 Å². The average molecular weight is 317 g/mol. The van der Waals surface area contributed by atoms with Crippen LogP contribution < -0.4 is 5.32 Å². The van der Waals surface area contributed by atoms with Gasteiger partial charge in [0.15, 0.2) is 0 Å². The fourth-order valence-corrected chi connectivity index (χ4v) is 2.33. The van der Waals surface area contributed by atoms with E-state index in [2.05, 4.69) is 5.32 Å². The van der Waals surface area contributed by atoms with Crippen LogP contribution in [-0.2, 0) is 4.79 Å². The van der Waals surface area contributed by atoms with E-state index in [-0.39, 0.29) is 11.6 Å². The lowest BCUT2D eigenvalue weighted by atomic mass is 10.0. The van der Waals surface area contributed by atoms with E-state index in [0.29, 0.717) is 17.8 Å². The number of hydrogen-bond acceptors (Lipinski definition) is 4. The number of carboxylic acids is 1. The molecule has 7 nitrogen and oxygen atoms in total. The molecule has 0 spiro atoms. The third-order valence-corrected chi connectivity index (χ3v) is 3.36. The van der Waals surface area contributed by atoms with Gasteiger partial charge in [-0.05, 0) is 30.5 Å². The van der Waals surface area contributed by atoms with Crippen LogP contribution in [0, 0.1) is 16.0 Å².